The van der Waals surface area contributed by atoms with Crippen LogP contribution in [0.1, 0.15) is 69.2 Å². The number of aryl methyl sites for hydroxylation is 2. The van der Waals surface area contributed by atoms with Crippen molar-refractivity contribution in [3.8, 4) is 0 Å². The highest BCUT2D eigenvalue weighted by atomic mass is 16.3. The van der Waals surface area contributed by atoms with Crippen molar-refractivity contribution >= 4 is 0 Å². The van der Waals surface area contributed by atoms with E-state index in [0.29, 0.717) is 12.1 Å². The van der Waals surface area contributed by atoms with Gasteiger partial charge in [0.15, 0.2) is 0 Å². The molecule has 21 heavy (non-hydrogen) atoms. The molecule has 1 fully saturated rings. The molecule has 2 unspecified atom stereocenters. The summed E-state index contributed by atoms with van der Waals surface area (Å²) in [7, 11) is 0. The monoisotopic (exact) mass is 291 g/mol. The Bertz CT molecular complexity index is 508. The highest BCUT2D eigenvalue weighted by Crippen LogP contribution is 2.40. The fourth-order valence-electron chi connectivity index (χ4n) is 4.43. The van der Waals surface area contributed by atoms with Crippen LogP contribution in [-0.2, 0) is 12.8 Å². The molecular formula is C17H29N3O. The molecule has 1 aromatic rings. The zero-order valence-corrected chi connectivity index (χ0v) is 13.7. The second-order valence-corrected chi connectivity index (χ2v) is 7.26. The number of hydrogen-bond acceptors (Lipinski definition) is 3. The van der Waals surface area contributed by atoms with Crippen molar-refractivity contribution in [1.82, 2.24) is 14.9 Å². The van der Waals surface area contributed by atoms with Gasteiger partial charge in [0.25, 0.3) is 0 Å². The van der Waals surface area contributed by atoms with Gasteiger partial charge in [-0.2, -0.15) is 0 Å². The largest absolute Gasteiger partial charge is 0.394 e. The number of fused-ring (bicyclic) bond motifs is 1. The maximum Gasteiger partial charge on any atom is 0.106 e. The van der Waals surface area contributed by atoms with Crippen molar-refractivity contribution in [1.29, 1.82) is 0 Å². The fourth-order valence-corrected chi connectivity index (χ4v) is 4.43. The first-order chi connectivity index (χ1) is 10.0. The number of hydrogen-bond donors (Lipinski definition) is 2. The summed E-state index contributed by atoms with van der Waals surface area (Å²) in [4.78, 5) is 4.81. The number of nitrogens with zero attached hydrogens (tertiary/aromatic N) is 2. The molecular weight excluding hydrogens is 262 g/mol. The van der Waals surface area contributed by atoms with Crippen molar-refractivity contribution in [2.24, 2.45) is 0 Å². The number of aliphatic hydroxyl groups is 1. The van der Waals surface area contributed by atoms with Crippen molar-refractivity contribution < 1.29 is 5.11 Å². The van der Waals surface area contributed by atoms with E-state index in [0.717, 1.165) is 25.7 Å². The Kier molecular flexibility index (Phi) is 4.10. The topological polar surface area (TPSA) is 50.1 Å². The number of imidazole rings is 1. The van der Waals surface area contributed by atoms with Crippen LogP contribution in [0.5, 0.6) is 0 Å². The lowest BCUT2D eigenvalue weighted by molar-refractivity contribution is 0.151. The molecule has 3 rings (SSSR count). The number of aromatic nitrogens is 2. The van der Waals surface area contributed by atoms with E-state index >= 15 is 0 Å². The Labute approximate surface area is 128 Å². The maximum atomic E-state index is 9.90. The first-order valence-electron chi connectivity index (χ1n) is 8.50. The van der Waals surface area contributed by atoms with Crippen LogP contribution in [0.25, 0.3) is 0 Å². The molecule has 2 atom stereocenters. The van der Waals surface area contributed by atoms with E-state index in [1.165, 1.54) is 36.5 Å². The van der Waals surface area contributed by atoms with Gasteiger partial charge in [-0.1, -0.05) is 13.8 Å². The molecule has 1 aromatic heterocycles. The van der Waals surface area contributed by atoms with E-state index in [1.54, 1.807) is 0 Å². The second kappa shape index (κ2) is 5.73. The average molecular weight is 291 g/mol. The SMILES string of the molecule is Cc1nc2c(n1C1CCC(CO)(NC(C)C)C1)CCCC2. The summed E-state index contributed by atoms with van der Waals surface area (Å²) in [6.07, 6.45) is 8.11. The predicted octanol–water partition coefficient (Wildman–Crippen LogP) is 2.52. The summed E-state index contributed by atoms with van der Waals surface area (Å²) >= 11 is 0. The molecule has 0 amide bonds. The van der Waals surface area contributed by atoms with E-state index in [2.05, 4.69) is 30.7 Å². The van der Waals surface area contributed by atoms with Crippen LogP contribution in [0.2, 0.25) is 0 Å². The first-order valence-corrected chi connectivity index (χ1v) is 8.50. The molecule has 0 spiro atoms. The van der Waals surface area contributed by atoms with Gasteiger partial charge in [0.05, 0.1) is 12.3 Å². The second-order valence-electron chi connectivity index (χ2n) is 7.26. The Hall–Kier alpha value is -0.870. The highest BCUT2D eigenvalue weighted by Gasteiger charge is 2.41. The fraction of sp³-hybridized carbons (Fsp3) is 0.824. The van der Waals surface area contributed by atoms with Crippen LogP contribution in [0.4, 0.5) is 0 Å². The van der Waals surface area contributed by atoms with E-state index in [4.69, 9.17) is 4.98 Å². The third-order valence-corrected chi connectivity index (χ3v) is 5.19. The number of aliphatic hydroxyl groups excluding tert-OH is 1. The molecule has 4 heteroatoms. The summed E-state index contributed by atoms with van der Waals surface area (Å²) in [6, 6.07) is 0.909. The number of nitrogens with one attached hydrogen (secondary N) is 1. The molecule has 2 N–H and O–H groups in total. The van der Waals surface area contributed by atoms with Gasteiger partial charge in [-0.25, -0.2) is 4.98 Å². The van der Waals surface area contributed by atoms with Crippen LogP contribution in [0.3, 0.4) is 0 Å². The van der Waals surface area contributed by atoms with Crippen LogP contribution in [-0.4, -0.2) is 32.8 Å². The molecule has 2 aliphatic rings. The Morgan fingerprint density at radius 1 is 1.38 bits per heavy atom. The highest BCUT2D eigenvalue weighted by molar-refractivity contribution is 5.22. The summed E-state index contributed by atoms with van der Waals surface area (Å²) in [5.41, 5.74) is 2.70. The van der Waals surface area contributed by atoms with Gasteiger partial charge in [0, 0.05) is 23.3 Å². The minimum atomic E-state index is -0.100. The third kappa shape index (κ3) is 2.76. The molecule has 4 nitrogen and oxygen atoms in total. The van der Waals surface area contributed by atoms with E-state index in [9.17, 15) is 5.11 Å². The van der Waals surface area contributed by atoms with Crippen LogP contribution >= 0.6 is 0 Å². The Balaban J connectivity index is 1.84. The minimum absolute atomic E-state index is 0.100. The molecule has 1 heterocycles. The van der Waals surface area contributed by atoms with Crippen molar-refractivity contribution in [3.05, 3.63) is 17.2 Å². The van der Waals surface area contributed by atoms with Crippen LogP contribution < -0.4 is 5.32 Å². The van der Waals surface area contributed by atoms with E-state index in [-0.39, 0.29) is 12.1 Å². The third-order valence-electron chi connectivity index (χ3n) is 5.19. The van der Waals surface area contributed by atoms with E-state index < -0.39 is 0 Å². The van der Waals surface area contributed by atoms with Crippen molar-refractivity contribution in [3.63, 3.8) is 0 Å². The standard InChI is InChI=1S/C17H29N3O/c1-12(2)19-17(11-21)9-8-14(10-17)20-13(3)18-15-6-4-5-7-16(15)20/h12,14,19,21H,4-11H2,1-3H3. The van der Waals surface area contributed by atoms with Crippen LogP contribution in [0, 0.1) is 6.92 Å². The summed E-state index contributed by atoms with van der Waals surface area (Å²) in [5.74, 6) is 1.17. The smallest absolute Gasteiger partial charge is 0.106 e. The van der Waals surface area contributed by atoms with Gasteiger partial charge in [0.1, 0.15) is 5.82 Å². The molecule has 0 saturated heterocycles. The van der Waals surface area contributed by atoms with Gasteiger partial charge in [0.2, 0.25) is 0 Å². The molecule has 0 radical (unpaired) electrons. The molecule has 0 bridgehead atoms. The summed E-state index contributed by atoms with van der Waals surface area (Å²) in [5, 5.41) is 13.5. The zero-order valence-electron chi connectivity index (χ0n) is 13.7. The van der Waals surface area contributed by atoms with Crippen molar-refractivity contribution in [2.45, 2.75) is 83.3 Å². The molecule has 0 aromatic carbocycles. The number of rotatable bonds is 4. The predicted molar refractivity (Wildman–Crippen MR) is 84.6 cm³/mol. The summed E-state index contributed by atoms with van der Waals surface area (Å²) < 4.78 is 2.49. The Morgan fingerprint density at radius 2 is 2.14 bits per heavy atom. The van der Waals surface area contributed by atoms with Gasteiger partial charge in [-0.15, -0.1) is 0 Å². The normalized spacial score (nSPS) is 29.1. The summed E-state index contributed by atoms with van der Waals surface area (Å²) in [6.45, 7) is 6.70. The molecule has 0 aliphatic heterocycles. The quantitative estimate of drug-likeness (QED) is 0.896. The van der Waals surface area contributed by atoms with Gasteiger partial charge >= 0.3 is 0 Å². The lowest BCUT2D eigenvalue weighted by Gasteiger charge is -2.31. The average Bonchev–Trinajstić information content (AvgIpc) is 2.98. The maximum absolute atomic E-state index is 9.90. The Morgan fingerprint density at radius 3 is 2.86 bits per heavy atom. The minimum Gasteiger partial charge on any atom is -0.394 e. The van der Waals surface area contributed by atoms with E-state index in [1.807, 2.05) is 0 Å². The lowest BCUT2D eigenvalue weighted by atomic mass is 9.97. The molecule has 1 saturated carbocycles. The molecule has 2 aliphatic carbocycles. The molecule has 118 valence electrons. The zero-order chi connectivity index (χ0) is 15.0. The van der Waals surface area contributed by atoms with Crippen LogP contribution in [0.15, 0.2) is 0 Å². The van der Waals surface area contributed by atoms with Gasteiger partial charge in [-0.3, -0.25) is 0 Å². The van der Waals surface area contributed by atoms with Gasteiger partial charge < -0.3 is 15.0 Å². The van der Waals surface area contributed by atoms with Crippen molar-refractivity contribution in [2.75, 3.05) is 6.61 Å². The first kappa shape index (κ1) is 15.0. The van der Waals surface area contributed by atoms with Gasteiger partial charge in [-0.05, 0) is 51.9 Å². The lowest BCUT2D eigenvalue weighted by Crippen LogP contribution is -2.49.